The first-order valence-corrected chi connectivity index (χ1v) is 5.75. The summed E-state index contributed by atoms with van der Waals surface area (Å²) in [6, 6.07) is 5.21. The number of nitrogen functional groups attached to an aromatic ring is 1. The van der Waals surface area contributed by atoms with E-state index >= 15 is 0 Å². The summed E-state index contributed by atoms with van der Waals surface area (Å²) in [5.41, 5.74) is 3.27. The zero-order valence-corrected chi connectivity index (χ0v) is 13.4. The molecule has 0 saturated carbocycles. The predicted octanol–water partition coefficient (Wildman–Crippen LogP) is 2.90. The van der Waals surface area contributed by atoms with E-state index in [0.717, 1.165) is 0 Å². The predicted molar refractivity (Wildman–Crippen MR) is 87.1 cm³/mol. The van der Waals surface area contributed by atoms with E-state index in [9.17, 15) is 0 Å². The van der Waals surface area contributed by atoms with Crippen molar-refractivity contribution in [3.63, 3.8) is 0 Å². The summed E-state index contributed by atoms with van der Waals surface area (Å²) in [6.45, 7) is 1.73. The van der Waals surface area contributed by atoms with Crippen LogP contribution in [0.2, 0.25) is 10.0 Å². The smallest absolute Gasteiger partial charge is 0.263 e. The van der Waals surface area contributed by atoms with Gasteiger partial charge in [0.1, 0.15) is 0 Å². The molecule has 0 fully saturated rings. The molecule has 3 N–H and O–H groups in total. The minimum absolute atomic E-state index is 0. The molecule has 20 heavy (non-hydrogen) atoms. The molecule has 1 heterocycles. The summed E-state index contributed by atoms with van der Waals surface area (Å²) >= 11 is 12.0. The Kier molecular flexibility index (Phi) is 7.67. The molecule has 0 aliphatic rings. The Labute approximate surface area is 138 Å². The fraction of sp³-hybridized carbons (Fsp3) is 0.100. The number of hydrazone groups is 1. The minimum atomic E-state index is 0. The Morgan fingerprint density at radius 3 is 2.35 bits per heavy atom. The van der Waals surface area contributed by atoms with E-state index in [1.54, 1.807) is 25.1 Å². The van der Waals surface area contributed by atoms with Gasteiger partial charge in [-0.2, -0.15) is 5.10 Å². The van der Waals surface area contributed by atoms with Crippen LogP contribution in [0.4, 0.5) is 5.95 Å². The maximum atomic E-state index is 5.99. The van der Waals surface area contributed by atoms with Gasteiger partial charge in [-0.15, -0.1) is 35.0 Å². The normalized spacial score (nSPS) is 9.95. The quantitative estimate of drug-likeness (QED) is 0.502. The molecule has 0 radical (unpaired) electrons. The van der Waals surface area contributed by atoms with Crippen molar-refractivity contribution in [3.05, 3.63) is 39.6 Å². The van der Waals surface area contributed by atoms with Crippen molar-refractivity contribution in [2.75, 3.05) is 11.3 Å². The number of nitrogens with one attached hydrogen (secondary N) is 1. The topological polar surface area (TPSA) is 81.1 Å². The van der Waals surface area contributed by atoms with Crippen molar-refractivity contribution in [2.45, 2.75) is 6.92 Å². The molecule has 1 aromatic heterocycles. The van der Waals surface area contributed by atoms with Crippen LogP contribution in [-0.2, 0) is 0 Å². The van der Waals surface area contributed by atoms with E-state index in [1.807, 2.05) is 0 Å². The van der Waals surface area contributed by atoms with Gasteiger partial charge in [-0.3, -0.25) is 0 Å². The van der Waals surface area contributed by atoms with Crippen LogP contribution in [0.15, 0.2) is 23.3 Å². The Hall–Kier alpha value is -1.21. The molecular weight excluding hydrogens is 346 g/mol. The van der Waals surface area contributed by atoms with Crippen molar-refractivity contribution in [1.82, 2.24) is 14.9 Å². The summed E-state index contributed by atoms with van der Waals surface area (Å²) in [5.74, 6) is 6.54. The van der Waals surface area contributed by atoms with Crippen LogP contribution >= 0.6 is 48.0 Å². The second kappa shape index (κ2) is 8.16. The van der Waals surface area contributed by atoms with Gasteiger partial charge >= 0.3 is 0 Å². The molecule has 110 valence electrons. The van der Waals surface area contributed by atoms with Crippen LogP contribution in [0.25, 0.3) is 0 Å². The van der Waals surface area contributed by atoms with Crippen molar-refractivity contribution in [1.29, 1.82) is 0 Å². The third-order valence-electron chi connectivity index (χ3n) is 2.22. The third kappa shape index (κ3) is 4.14. The fourth-order valence-electron chi connectivity index (χ4n) is 1.23. The molecule has 2 aromatic rings. The van der Waals surface area contributed by atoms with Crippen LogP contribution < -0.4 is 11.3 Å². The van der Waals surface area contributed by atoms with Crippen LogP contribution in [-0.4, -0.2) is 21.1 Å². The van der Waals surface area contributed by atoms with Crippen LogP contribution in [0.1, 0.15) is 11.4 Å². The first-order valence-electron chi connectivity index (χ1n) is 5.00. The number of aryl methyl sites for hydroxylation is 1. The highest BCUT2D eigenvalue weighted by atomic mass is 35.5. The second-order valence-corrected chi connectivity index (χ2v) is 4.26. The molecular formula is C10H12Cl4N6. The highest BCUT2D eigenvalue weighted by Gasteiger charge is 2.04. The summed E-state index contributed by atoms with van der Waals surface area (Å²) in [6.07, 6.45) is 1.49. The molecule has 0 saturated heterocycles. The number of halogens is 4. The number of aromatic nitrogens is 3. The van der Waals surface area contributed by atoms with E-state index in [0.29, 0.717) is 27.4 Å². The minimum Gasteiger partial charge on any atom is -0.335 e. The Morgan fingerprint density at radius 2 is 1.85 bits per heavy atom. The van der Waals surface area contributed by atoms with Gasteiger partial charge < -0.3 is 5.84 Å². The molecule has 0 atom stereocenters. The highest BCUT2D eigenvalue weighted by Crippen LogP contribution is 2.22. The Balaban J connectivity index is 0.00000180. The maximum absolute atomic E-state index is 5.99. The average Bonchev–Trinajstić information content (AvgIpc) is 2.65. The number of benzene rings is 1. The fourth-order valence-corrected chi connectivity index (χ4v) is 1.73. The van der Waals surface area contributed by atoms with E-state index < -0.39 is 0 Å². The van der Waals surface area contributed by atoms with E-state index in [4.69, 9.17) is 29.0 Å². The first-order chi connectivity index (χ1) is 8.59. The molecule has 0 unspecified atom stereocenters. The van der Waals surface area contributed by atoms with Gasteiger partial charge in [-0.25, -0.2) is 10.1 Å². The summed E-state index contributed by atoms with van der Waals surface area (Å²) in [4.78, 5) is 0. The molecule has 0 aliphatic carbocycles. The largest absolute Gasteiger partial charge is 0.335 e. The first kappa shape index (κ1) is 18.8. The van der Waals surface area contributed by atoms with Crippen LogP contribution in [0.3, 0.4) is 0 Å². The van der Waals surface area contributed by atoms with E-state index in [1.165, 1.54) is 10.9 Å². The summed E-state index contributed by atoms with van der Waals surface area (Å²) in [7, 11) is 0. The second-order valence-electron chi connectivity index (χ2n) is 3.45. The van der Waals surface area contributed by atoms with E-state index in [-0.39, 0.29) is 24.8 Å². The van der Waals surface area contributed by atoms with Gasteiger partial charge in [0.05, 0.1) is 16.3 Å². The van der Waals surface area contributed by atoms with Crippen LogP contribution in [0, 0.1) is 6.92 Å². The Bertz CT molecular complexity index is 577. The van der Waals surface area contributed by atoms with Crippen molar-refractivity contribution in [3.8, 4) is 0 Å². The Morgan fingerprint density at radius 1 is 1.25 bits per heavy atom. The van der Waals surface area contributed by atoms with Gasteiger partial charge in [0.25, 0.3) is 5.95 Å². The number of nitrogens with two attached hydrogens (primary N) is 1. The molecule has 6 nitrogen and oxygen atoms in total. The lowest BCUT2D eigenvalue weighted by molar-refractivity contribution is 0.926. The number of hydrogen-bond acceptors (Lipinski definition) is 5. The average molecular weight is 358 g/mol. The molecule has 1 aromatic carbocycles. The zero-order chi connectivity index (χ0) is 13.1. The molecule has 0 aliphatic heterocycles. The van der Waals surface area contributed by atoms with Gasteiger partial charge in [0.15, 0.2) is 5.82 Å². The number of nitrogens with zero attached hydrogens (tertiary/aromatic N) is 4. The SMILES string of the molecule is Cc1nnc(N/N=C/c2c(Cl)cccc2Cl)n1N.Cl.Cl. The van der Waals surface area contributed by atoms with Crippen molar-refractivity contribution in [2.24, 2.45) is 5.10 Å². The molecule has 10 heteroatoms. The number of rotatable bonds is 3. The lowest BCUT2D eigenvalue weighted by atomic mass is 10.2. The van der Waals surface area contributed by atoms with Crippen molar-refractivity contribution < 1.29 is 0 Å². The monoisotopic (exact) mass is 356 g/mol. The van der Waals surface area contributed by atoms with E-state index in [2.05, 4.69) is 20.7 Å². The number of anilines is 1. The lowest BCUT2D eigenvalue weighted by Gasteiger charge is -2.01. The van der Waals surface area contributed by atoms with Gasteiger partial charge in [0, 0.05) is 5.56 Å². The molecule has 0 bridgehead atoms. The van der Waals surface area contributed by atoms with Crippen LogP contribution in [0.5, 0.6) is 0 Å². The zero-order valence-electron chi connectivity index (χ0n) is 10.2. The lowest BCUT2D eigenvalue weighted by Crippen LogP contribution is -2.13. The highest BCUT2D eigenvalue weighted by molar-refractivity contribution is 6.38. The standard InChI is InChI=1S/C10H10Cl2N6.2ClH/c1-6-15-17-10(18(6)13)16-14-5-7-8(11)3-2-4-9(7)12;;/h2-5H,13H2,1H3,(H,16,17);2*1H/b14-5+;;. The summed E-state index contributed by atoms with van der Waals surface area (Å²) in [5, 5.41) is 12.6. The summed E-state index contributed by atoms with van der Waals surface area (Å²) < 4.78 is 1.28. The maximum Gasteiger partial charge on any atom is 0.263 e. The third-order valence-corrected chi connectivity index (χ3v) is 2.88. The van der Waals surface area contributed by atoms with Gasteiger partial charge in [-0.05, 0) is 19.1 Å². The molecule has 0 amide bonds. The van der Waals surface area contributed by atoms with Gasteiger partial charge in [0.2, 0.25) is 0 Å². The molecule has 0 spiro atoms. The van der Waals surface area contributed by atoms with Crippen molar-refractivity contribution >= 4 is 60.2 Å². The molecule has 2 rings (SSSR count). The van der Waals surface area contributed by atoms with Gasteiger partial charge in [-0.1, -0.05) is 29.3 Å². The number of hydrogen-bond donors (Lipinski definition) is 2.